The molecule has 136 valence electrons. The number of hydrogen-bond donors (Lipinski definition) is 1. The van der Waals surface area contributed by atoms with Gasteiger partial charge in [0.1, 0.15) is 0 Å². The van der Waals surface area contributed by atoms with Gasteiger partial charge in [0.05, 0.1) is 0 Å². The number of nitrogens with zero attached hydrogens (tertiary/aromatic N) is 1. The maximum atomic E-state index is 13.2. The van der Waals surface area contributed by atoms with Crippen LogP contribution in [0.1, 0.15) is 16.7 Å². The predicted molar refractivity (Wildman–Crippen MR) is 113 cm³/mol. The monoisotopic (exact) mass is 394 g/mol. The van der Waals surface area contributed by atoms with Crippen LogP contribution in [-0.4, -0.2) is 4.99 Å². The van der Waals surface area contributed by atoms with Crippen molar-refractivity contribution in [2.75, 3.05) is 5.32 Å². The number of thiocarbonyl (C=S) groups is 1. The van der Waals surface area contributed by atoms with E-state index in [4.69, 9.17) is 23.8 Å². The normalized spacial score (nSPS) is 11.7. The number of rotatable bonds is 4. The van der Waals surface area contributed by atoms with Crippen LogP contribution in [0.2, 0.25) is 5.02 Å². The third kappa shape index (κ3) is 4.54. The van der Waals surface area contributed by atoms with E-state index in [0.29, 0.717) is 21.3 Å². The van der Waals surface area contributed by atoms with E-state index in [1.807, 2.05) is 44.2 Å². The Labute approximate surface area is 169 Å². The Morgan fingerprint density at radius 1 is 1.00 bits per heavy atom. The topological polar surface area (TPSA) is 39.0 Å². The quantitative estimate of drug-likeness (QED) is 0.309. The Balaban J connectivity index is 2.05. The molecular formula is C22H19ClN2OS. The number of anilines is 1. The van der Waals surface area contributed by atoms with Gasteiger partial charge in [-0.3, -0.25) is 0 Å². The highest BCUT2D eigenvalue weighted by Gasteiger charge is 2.19. The molecule has 3 nitrogen and oxygen atoms in total. The number of nitrogens with one attached hydrogen (secondary N) is 1. The summed E-state index contributed by atoms with van der Waals surface area (Å²) in [5.41, 5.74) is 4.02. The third-order valence-corrected chi connectivity index (χ3v) is 4.69. The summed E-state index contributed by atoms with van der Waals surface area (Å²) in [4.78, 5) is 0.359. The first-order valence-electron chi connectivity index (χ1n) is 8.48. The summed E-state index contributed by atoms with van der Waals surface area (Å²) >= 11 is 11.6. The summed E-state index contributed by atoms with van der Waals surface area (Å²) in [5, 5.41) is 17.0. The van der Waals surface area contributed by atoms with Crippen molar-refractivity contribution in [2.24, 2.45) is 0 Å². The van der Waals surface area contributed by atoms with Gasteiger partial charge in [-0.15, -0.1) is 0 Å². The van der Waals surface area contributed by atoms with Gasteiger partial charge in [0, 0.05) is 22.8 Å². The van der Waals surface area contributed by atoms with E-state index < -0.39 is 0 Å². The van der Waals surface area contributed by atoms with Crippen molar-refractivity contribution in [2.45, 2.75) is 13.8 Å². The lowest BCUT2D eigenvalue weighted by Crippen LogP contribution is -2.39. The molecule has 0 saturated carbocycles. The summed E-state index contributed by atoms with van der Waals surface area (Å²) in [6.45, 7) is 4.05. The van der Waals surface area contributed by atoms with Gasteiger partial charge in [0.25, 0.3) is 0 Å². The standard InChI is InChI=1S/C22H19ClN2OS/c1-15-6-11-19(16(2)14-15)24-22(27)20(25-12-4-3-5-13-25)21(26)17-7-9-18(23)10-8-17/h3-14H,1-2H3,(H-,24,26,27). The van der Waals surface area contributed by atoms with Crippen LogP contribution in [0.15, 0.2) is 73.1 Å². The molecule has 0 saturated heterocycles. The van der Waals surface area contributed by atoms with Crippen LogP contribution >= 0.6 is 23.8 Å². The maximum absolute atomic E-state index is 13.2. The lowest BCUT2D eigenvalue weighted by molar-refractivity contribution is -0.577. The van der Waals surface area contributed by atoms with Gasteiger partial charge < -0.3 is 10.4 Å². The molecule has 0 unspecified atom stereocenters. The molecule has 0 aliphatic carbocycles. The fourth-order valence-corrected chi connectivity index (χ4v) is 3.19. The minimum Gasteiger partial charge on any atom is -0.867 e. The van der Waals surface area contributed by atoms with Crippen molar-refractivity contribution >= 4 is 46.0 Å². The Morgan fingerprint density at radius 2 is 1.67 bits per heavy atom. The molecule has 27 heavy (non-hydrogen) atoms. The smallest absolute Gasteiger partial charge is 0.238 e. The van der Waals surface area contributed by atoms with Crippen LogP contribution in [-0.2, 0) is 0 Å². The van der Waals surface area contributed by atoms with E-state index in [-0.39, 0.29) is 5.76 Å². The van der Waals surface area contributed by atoms with Crippen molar-refractivity contribution < 1.29 is 9.67 Å². The SMILES string of the molecule is Cc1ccc(NC(=S)C(=C([O-])c2ccc(Cl)cc2)[n+]2ccccc2)c(C)c1. The van der Waals surface area contributed by atoms with E-state index in [9.17, 15) is 5.11 Å². The van der Waals surface area contributed by atoms with Crippen LogP contribution in [0.25, 0.3) is 11.5 Å². The van der Waals surface area contributed by atoms with Gasteiger partial charge in [-0.05, 0) is 48.9 Å². The van der Waals surface area contributed by atoms with Crippen molar-refractivity contribution in [3.63, 3.8) is 0 Å². The highest BCUT2D eigenvalue weighted by Crippen LogP contribution is 2.21. The molecule has 1 heterocycles. The highest BCUT2D eigenvalue weighted by molar-refractivity contribution is 7.81. The highest BCUT2D eigenvalue weighted by atomic mass is 35.5. The first kappa shape index (κ1) is 19.1. The Kier molecular flexibility index (Phi) is 5.89. The van der Waals surface area contributed by atoms with Crippen molar-refractivity contribution in [1.29, 1.82) is 0 Å². The second-order valence-corrected chi connectivity index (χ2v) is 7.08. The molecular weight excluding hydrogens is 376 g/mol. The molecule has 5 heteroatoms. The number of hydrogen-bond acceptors (Lipinski definition) is 2. The number of halogens is 1. The average molecular weight is 395 g/mol. The number of aryl methyl sites for hydroxylation is 2. The van der Waals surface area contributed by atoms with E-state index in [1.165, 1.54) is 5.56 Å². The van der Waals surface area contributed by atoms with E-state index in [0.717, 1.165) is 11.3 Å². The number of pyridine rings is 1. The Hall–Kier alpha value is -2.69. The summed E-state index contributed by atoms with van der Waals surface area (Å²) in [5.74, 6) is -0.176. The van der Waals surface area contributed by atoms with Gasteiger partial charge in [-0.25, -0.2) is 0 Å². The summed E-state index contributed by atoms with van der Waals surface area (Å²) in [7, 11) is 0. The number of benzene rings is 2. The lowest BCUT2D eigenvalue weighted by Gasteiger charge is -2.17. The van der Waals surface area contributed by atoms with E-state index in [1.54, 1.807) is 41.2 Å². The minimum atomic E-state index is -0.176. The Bertz CT molecular complexity index is 999. The average Bonchev–Trinajstić information content (AvgIpc) is 2.65. The van der Waals surface area contributed by atoms with E-state index in [2.05, 4.69) is 11.4 Å². The third-order valence-electron chi connectivity index (χ3n) is 4.14. The first-order chi connectivity index (χ1) is 13.0. The zero-order chi connectivity index (χ0) is 19.4. The number of aromatic nitrogens is 1. The van der Waals surface area contributed by atoms with Gasteiger partial charge in [-0.2, -0.15) is 4.57 Å². The molecule has 3 aromatic rings. The van der Waals surface area contributed by atoms with Gasteiger partial charge in [-0.1, -0.05) is 59.7 Å². The first-order valence-corrected chi connectivity index (χ1v) is 9.27. The lowest BCUT2D eigenvalue weighted by atomic mass is 10.1. The van der Waals surface area contributed by atoms with Gasteiger partial charge >= 0.3 is 0 Å². The van der Waals surface area contributed by atoms with Crippen molar-refractivity contribution in [1.82, 2.24) is 0 Å². The largest absolute Gasteiger partial charge is 0.867 e. The van der Waals surface area contributed by atoms with Gasteiger partial charge in [0.2, 0.25) is 5.70 Å². The summed E-state index contributed by atoms with van der Waals surface area (Å²) in [6, 6.07) is 18.4. The molecule has 0 aliphatic heterocycles. The predicted octanol–water partition coefficient (Wildman–Crippen LogP) is 4.37. The molecule has 0 spiro atoms. The van der Waals surface area contributed by atoms with Crippen LogP contribution in [0, 0.1) is 13.8 Å². The molecule has 1 N–H and O–H groups in total. The van der Waals surface area contributed by atoms with Crippen LogP contribution in [0.4, 0.5) is 5.69 Å². The minimum absolute atomic E-state index is 0.176. The molecule has 1 aromatic heterocycles. The second kappa shape index (κ2) is 8.33. The van der Waals surface area contributed by atoms with Crippen molar-refractivity contribution in [3.05, 3.63) is 94.8 Å². The van der Waals surface area contributed by atoms with Crippen LogP contribution in [0.3, 0.4) is 0 Å². The van der Waals surface area contributed by atoms with Crippen molar-refractivity contribution in [3.8, 4) is 0 Å². The maximum Gasteiger partial charge on any atom is 0.238 e. The Morgan fingerprint density at radius 3 is 2.30 bits per heavy atom. The molecule has 2 aromatic carbocycles. The molecule has 0 bridgehead atoms. The van der Waals surface area contributed by atoms with Crippen LogP contribution < -0.4 is 15.0 Å². The zero-order valence-electron chi connectivity index (χ0n) is 15.1. The second-order valence-electron chi connectivity index (χ2n) is 6.24. The van der Waals surface area contributed by atoms with E-state index >= 15 is 0 Å². The molecule has 0 radical (unpaired) electrons. The molecule has 0 aliphatic rings. The zero-order valence-corrected chi connectivity index (χ0v) is 16.6. The summed E-state index contributed by atoms with van der Waals surface area (Å²) in [6.07, 6.45) is 3.61. The van der Waals surface area contributed by atoms with Gasteiger partial charge in [0.15, 0.2) is 17.4 Å². The molecule has 0 amide bonds. The molecule has 0 fully saturated rings. The van der Waals surface area contributed by atoms with Crippen LogP contribution in [0.5, 0.6) is 0 Å². The molecule has 3 rings (SSSR count). The fraction of sp³-hybridized carbons (Fsp3) is 0.0909. The summed E-state index contributed by atoms with van der Waals surface area (Å²) < 4.78 is 1.73. The molecule has 0 atom stereocenters. The fourth-order valence-electron chi connectivity index (χ4n) is 2.76.